The van der Waals surface area contributed by atoms with Crippen molar-refractivity contribution >= 4 is 29.8 Å². The van der Waals surface area contributed by atoms with Gasteiger partial charge in [0.2, 0.25) is 5.91 Å². The van der Waals surface area contributed by atoms with Crippen LogP contribution in [0.3, 0.4) is 0 Å². The Bertz CT molecular complexity index is 1150. The molecule has 0 bridgehead atoms. The molecule has 8 heteroatoms. The minimum atomic E-state index is -4.51. The molecule has 1 aromatic carbocycles. The van der Waals surface area contributed by atoms with Gasteiger partial charge in [-0.15, -0.1) is 0 Å². The maximum Gasteiger partial charge on any atom is 0.418 e. The van der Waals surface area contributed by atoms with Crippen LogP contribution >= 0.6 is 0 Å². The van der Waals surface area contributed by atoms with Crippen LogP contribution in [0, 0.1) is 57.0 Å². The van der Waals surface area contributed by atoms with Crippen LogP contribution < -0.4 is 5.32 Å². The van der Waals surface area contributed by atoms with E-state index in [1.807, 2.05) is 6.08 Å². The minimum absolute atomic E-state index is 0.0673. The molecular formula is C29H35F3N2O2S. The number of amides is 1. The van der Waals surface area contributed by atoms with Gasteiger partial charge in [-0.3, -0.25) is 9.59 Å². The summed E-state index contributed by atoms with van der Waals surface area (Å²) >= 11 is 3.33. The predicted octanol–water partition coefficient (Wildman–Crippen LogP) is 7.19. The molecule has 1 amide bonds. The number of hydrogen-bond donors (Lipinski definition) is 2. The van der Waals surface area contributed by atoms with E-state index in [1.165, 1.54) is 23.8 Å². The van der Waals surface area contributed by atoms with Gasteiger partial charge in [0.1, 0.15) is 0 Å². The zero-order valence-electron chi connectivity index (χ0n) is 21.5. The molecule has 4 nitrogen and oxygen atoms in total. The third-order valence-electron chi connectivity index (χ3n) is 11.1. The SMILES string of the molecule is C[C@H]1C2C3=CC(=O)CCC3(C)C3CCC4(C)C(CC[C@@H]4C(=O)Nc4ccccc4C(F)(F)F)C3C21.N=S. The molecule has 2 N–H and O–H groups in total. The van der Waals surface area contributed by atoms with E-state index in [4.69, 9.17) is 4.78 Å². The van der Waals surface area contributed by atoms with Crippen molar-refractivity contribution in [2.24, 2.45) is 52.3 Å². The number of hydrogen-bond acceptors (Lipinski definition) is 4. The monoisotopic (exact) mass is 532 g/mol. The molecule has 5 aliphatic carbocycles. The van der Waals surface area contributed by atoms with Crippen molar-refractivity contribution in [1.29, 1.82) is 4.78 Å². The van der Waals surface area contributed by atoms with Crippen molar-refractivity contribution in [2.75, 3.05) is 5.32 Å². The standard InChI is InChI=1S/C29H34F3NO2.HNS/c1-15-23-21-14-16(34)10-12-28(21,3)19-11-13-27(2)18(25(19)24(15)23)8-9-20(27)26(35)33-22-7-5-4-6-17(22)29(30,31)32;1-2/h4-7,14-15,18-20,23-25H,8-13H2,1-3H3,(H,33,35);1H/t15-,18?,19?,20+,23?,24?,25?,27?,28?;/m0./s1. The lowest BCUT2D eigenvalue weighted by molar-refractivity contribution is -0.137. The van der Waals surface area contributed by atoms with Crippen LogP contribution in [0.4, 0.5) is 18.9 Å². The number of rotatable bonds is 2. The fraction of sp³-hybridized carbons (Fsp3) is 0.655. The van der Waals surface area contributed by atoms with Gasteiger partial charge in [-0.2, -0.15) is 13.2 Å². The minimum Gasteiger partial charge on any atom is -0.325 e. The number of para-hydroxylation sites is 1. The number of ketones is 1. The van der Waals surface area contributed by atoms with Gasteiger partial charge in [-0.1, -0.05) is 38.5 Å². The summed E-state index contributed by atoms with van der Waals surface area (Å²) in [6, 6.07) is 5.26. The van der Waals surface area contributed by atoms with E-state index in [-0.39, 0.29) is 34.1 Å². The second kappa shape index (κ2) is 8.99. The molecule has 0 aromatic heterocycles. The molecule has 0 heterocycles. The summed E-state index contributed by atoms with van der Waals surface area (Å²) in [6.45, 7) is 6.91. The number of carbonyl (C=O) groups excluding carboxylic acids is 2. The van der Waals surface area contributed by atoms with Crippen LogP contribution in [0.1, 0.15) is 64.9 Å². The smallest absolute Gasteiger partial charge is 0.325 e. The lowest BCUT2D eigenvalue weighted by Crippen LogP contribution is -2.52. The second-order valence-electron chi connectivity index (χ2n) is 12.4. The second-order valence-corrected chi connectivity index (χ2v) is 12.4. The lowest BCUT2D eigenvalue weighted by atomic mass is 9.47. The Morgan fingerprint density at radius 2 is 1.76 bits per heavy atom. The Morgan fingerprint density at radius 1 is 1.05 bits per heavy atom. The van der Waals surface area contributed by atoms with Gasteiger partial charge in [0.05, 0.1) is 11.3 Å². The van der Waals surface area contributed by atoms with Crippen LogP contribution in [0.5, 0.6) is 0 Å². The summed E-state index contributed by atoms with van der Waals surface area (Å²) in [5, 5.41) is 2.67. The van der Waals surface area contributed by atoms with Gasteiger partial charge in [-0.05, 0) is 96.7 Å². The van der Waals surface area contributed by atoms with E-state index in [0.29, 0.717) is 41.9 Å². The highest BCUT2D eigenvalue weighted by atomic mass is 32.1. The van der Waals surface area contributed by atoms with Crippen LogP contribution in [0.25, 0.3) is 0 Å². The molecule has 6 rings (SSSR count). The molecule has 5 aliphatic rings. The fourth-order valence-corrected chi connectivity index (χ4v) is 9.35. The number of carbonyl (C=O) groups is 2. The number of nitrogens with one attached hydrogen (secondary N) is 2. The lowest BCUT2D eigenvalue weighted by Gasteiger charge is -2.57. The Balaban J connectivity index is 0.00000137. The number of benzene rings is 1. The summed E-state index contributed by atoms with van der Waals surface area (Å²) in [5.41, 5.74) is 0.323. The van der Waals surface area contributed by atoms with Crippen LogP contribution in [0.2, 0.25) is 0 Å². The zero-order valence-corrected chi connectivity index (χ0v) is 22.3. The fourth-order valence-electron chi connectivity index (χ4n) is 9.35. The number of allylic oxidation sites excluding steroid dienone is 1. The molecule has 0 aliphatic heterocycles. The summed E-state index contributed by atoms with van der Waals surface area (Å²) in [5.74, 6) is 2.81. The molecular weight excluding hydrogens is 497 g/mol. The Hall–Kier alpha value is -2.09. The van der Waals surface area contributed by atoms with Gasteiger partial charge in [0.15, 0.2) is 5.78 Å². The first-order valence-electron chi connectivity index (χ1n) is 13.4. The Morgan fingerprint density at radius 3 is 2.46 bits per heavy atom. The number of anilines is 1. The van der Waals surface area contributed by atoms with Gasteiger partial charge in [-0.25, -0.2) is 4.78 Å². The van der Waals surface area contributed by atoms with E-state index >= 15 is 0 Å². The highest BCUT2D eigenvalue weighted by Gasteiger charge is 2.70. The van der Waals surface area contributed by atoms with Crippen LogP contribution in [0.15, 0.2) is 35.9 Å². The molecule has 4 fully saturated rings. The molecule has 37 heavy (non-hydrogen) atoms. The van der Waals surface area contributed by atoms with Gasteiger partial charge >= 0.3 is 6.18 Å². The van der Waals surface area contributed by atoms with Crippen molar-refractivity contribution < 1.29 is 22.8 Å². The first kappa shape index (κ1) is 26.5. The Labute approximate surface area is 221 Å². The van der Waals surface area contributed by atoms with E-state index in [1.54, 1.807) is 0 Å². The van der Waals surface area contributed by atoms with Crippen molar-refractivity contribution in [1.82, 2.24) is 0 Å². The van der Waals surface area contributed by atoms with E-state index in [9.17, 15) is 22.8 Å². The third kappa shape index (κ3) is 3.92. The average Bonchev–Trinajstić information content (AvgIpc) is 3.38. The van der Waals surface area contributed by atoms with Crippen LogP contribution in [-0.4, -0.2) is 11.7 Å². The quantitative estimate of drug-likeness (QED) is 0.424. The van der Waals surface area contributed by atoms with E-state index in [2.05, 4.69) is 38.5 Å². The summed E-state index contributed by atoms with van der Waals surface area (Å²) < 4.78 is 45.9. The van der Waals surface area contributed by atoms with Crippen molar-refractivity contribution in [2.45, 2.75) is 65.5 Å². The highest BCUT2D eigenvalue weighted by Crippen LogP contribution is 2.76. The zero-order chi connectivity index (χ0) is 26.9. The maximum absolute atomic E-state index is 13.5. The molecule has 0 spiro atoms. The molecule has 4 saturated carbocycles. The number of fused-ring (bicyclic) bond motifs is 8. The van der Waals surface area contributed by atoms with Crippen molar-refractivity contribution in [3.8, 4) is 0 Å². The van der Waals surface area contributed by atoms with Crippen molar-refractivity contribution in [3.63, 3.8) is 0 Å². The van der Waals surface area contributed by atoms with Gasteiger partial charge in [0, 0.05) is 24.8 Å². The largest absolute Gasteiger partial charge is 0.418 e. The summed E-state index contributed by atoms with van der Waals surface area (Å²) in [6.07, 6.45) is 2.65. The summed E-state index contributed by atoms with van der Waals surface area (Å²) in [4.78, 5) is 25.8. The van der Waals surface area contributed by atoms with E-state index in [0.717, 1.165) is 38.2 Å². The first-order chi connectivity index (χ1) is 17.5. The van der Waals surface area contributed by atoms with Gasteiger partial charge < -0.3 is 5.32 Å². The normalized spacial score (nSPS) is 41.6. The van der Waals surface area contributed by atoms with Gasteiger partial charge in [0.25, 0.3) is 0 Å². The maximum atomic E-state index is 13.5. The average molecular weight is 533 g/mol. The molecule has 0 radical (unpaired) electrons. The number of halogens is 3. The molecule has 7 unspecified atom stereocenters. The number of alkyl halides is 3. The highest BCUT2D eigenvalue weighted by molar-refractivity contribution is 7.45. The first-order valence-corrected chi connectivity index (χ1v) is 13.8. The molecule has 0 saturated heterocycles. The molecule has 9 atom stereocenters. The third-order valence-corrected chi connectivity index (χ3v) is 11.1. The predicted molar refractivity (Wildman–Crippen MR) is 137 cm³/mol. The van der Waals surface area contributed by atoms with E-state index < -0.39 is 11.7 Å². The summed E-state index contributed by atoms with van der Waals surface area (Å²) in [7, 11) is 0. The Kier molecular flexibility index (Phi) is 6.44. The van der Waals surface area contributed by atoms with Crippen molar-refractivity contribution in [3.05, 3.63) is 41.5 Å². The molecule has 1 aromatic rings. The topological polar surface area (TPSA) is 70.0 Å². The van der Waals surface area contributed by atoms with Crippen LogP contribution in [-0.2, 0) is 28.2 Å². The molecule has 200 valence electrons.